The highest BCUT2D eigenvalue weighted by atomic mass is 32.2. The third-order valence-electron chi connectivity index (χ3n) is 4.00. The number of nitrogens with one attached hydrogen (secondary N) is 1. The van der Waals surface area contributed by atoms with Crippen LogP contribution in [0, 0.1) is 13.8 Å². The average Bonchev–Trinajstić information content (AvgIpc) is 2.65. The molecule has 0 aliphatic carbocycles. The molecule has 0 heterocycles. The van der Waals surface area contributed by atoms with Gasteiger partial charge < -0.3 is 14.8 Å². The summed E-state index contributed by atoms with van der Waals surface area (Å²) < 4.78 is 35.9. The van der Waals surface area contributed by atoms with E-state index in [2.05, 4.69) is 10.1 Å². The van der Waals surface area contributed by atoms with Crippen molar-refractivity contribution in [3.63, 3.8) is 0 Å². The first-order valence-electron chi connectivity index (χ1n) is 8.39. The molecular formula is C20H23NO5S. The third-order valence-corrected chi connectivity index (χ3v) is 5.74. The molecule has 0 aliphatic heterocycles. The quantitative estimate of drug-likeness (QED) is 0.576. The summed E-state index contributed by atoms with van der Waals surface area (Å²) in [6.45, 7) is 6.13. The van der Waals surface area contributed by atoms with Crippen LogP contribution < -0.4 is 10.1 Å². The number of carbonyl (C=O) groups excluding carboxylic acids is 1. The number of sulfone groups is 1. The standard InChI is InChI=1S/C20H23NO5S/c1-5-26-17-9-7-16(8-10-17)21-13-19(20(22)25-4)27(23,24)18-11-6-14(2)15(3)12-18/h6-13,21H,5H2,1-4H3/b19-13+. The molecule has 0 radical (unpaired) electrons. The maximum absolute atomic E-state index is 12.9. The molecular weight excluding hydrogens is 366 g/mol. The van der Waals surface area contributed by atoms with Gasteiger partial charge in [0.2, 0.25) is 9.84 Å². The minimum atomic E-state index is -4.04. The number of anilines is 1. The number of hydrogen-bond acceptors (Lipinski definition) is 6. The summed E-state index contributed by atoms with van der Waals surface area (Å²) in [5.74, 6) is -0.241. The number of rotatable bonds is 7. The van der Waals surface area contributed by atoms with Crippen LogP contribution in [-0.2, 0) is 19.4 Å². The lowest BCUT2D eigenvalue weighted by Crippen LogP contribution is -2.17. The zero-order valence-electron chi connectivity index (χ0n) is 15.8. The molecule has 0 amide bonds. The van der Waals surface area contributed by atoms with Crippen LogP contribution in [0.3, 0.4) is 0 Å². The molecule has 0 aliphatic rings. The van der Waals surface area contributed by atoms with Crippen LogP contribution in [0.2, 0.25) is 0 Å². The molecule has 2 aromatic carbocycles. The highest BCUT2D eigenvalue weighted by Crippen LogP contribution is 2.23. The Hall–Kier alpha value is -2.80. The maximum atomic E-state index is 12.9. The molecule has 7 heteroatoms. The van der Waals surface area contributed by atoms with Gasteiger partial charge in [0.1, 0.15) is 5.75 Å². The van der Waals surface area contributed by atoms with E-state index in [-0.39, 0.29) is 4.90 Å². The molecule has 0 saturated carbocycles. The zero-order valence-corrected chi connectivity index (χ0v) is 16.6. The second-order valence-corrected chi connectivity index (χ2v) is 7.77. The largest absolute Gasteiger partial charge is 0.494 e. The van der Waals surface area contributed by atoms with E-state index in [9.17, 15) is 13.2 Å². The molecule has 0 saturated heterocycles. The lowest BCUT2D eigenvalue weighted by molar-refractivity contribution is -0.135. The van der Waals surface area contributed by atoms with Gasteiger partial charge in [0.05, 0.1) is 18.6 Å². The first-order chi connectivity index (χ1) is 12.8. The van der Waals surface area contributed by atoms with E-state index < -0.39 is 20.7 Å². The number of methoxy groups -OCH3 is 1. The number of esters is 1. The first kappa shape index (κ1) is 20.5. The molecule has 0 atom stereocenters. The summed E-state index contributed by atoms with van der Waals surface area (Å²) in [5, 5.41) is 2.83. The van der Waals surface area contributed by atoms with Crippen LogP contribution in [0.1, 0.15) is 18.1 Å². The van der Waals surface area contributed by atoms with E-state index in [0.717, 1.165) is 24.4 Å². The van der Waals surface area contributed by atoms with Crippen LogP contribution in [-0.4, -0.2) is 28.1 Å². The Labute approximate surface area is 159 Å². The summed E-state index contributed by atoms with van der Waals surface area (Å²) >= 11 is 0. The molecule has 0 fully saturated rings. The van der Waals surface area contributed by atoms with Crippen molar-refractivity contribution >= 4 is 21.5 Å². The molecule has 0 bridgehead atoms. The molecule has 2 aromatic rings. The van der Waals surface area contributed by atoms with Crippen molar-refractivity contribution in [2.24, 2.45) is 0 Å². The molecule has 0 aromatic heterocycles. The Balaban J connectivity index is 2.37. The Morgan fingerprint density at radius 3 is 2.30 bits per heavy atom. The summed E-state index contributed by atoms with van der Waals surface area (Å²) in [7, 11) is -2.90. The van der Waals surface area contributed by atoms with E-state index >= 15 is 0 Å². The molecule has 2 rings (SSSR count). The van der Waals surface area contributed by atoms with Crippen LogP contribution >= 0.6 is 0 Å². The Bertz CT molecular complexity index is 947. The highest BCUT2D eigenvalue weighted by Gasteiger charge is 2.28. The van der Waals surface area contributed by atoms with Gasteiger partial charge in [-0.3, -0.25) is 0 Å². The average molecular weight is 389 g/mol. The van der Waals surface area contributed by atoms with Crippen LogP contribution in [0.4, 0.5) is 5.69 Å². The molecule has 0 unspecified atom stereocenters. The van der Waals surface area contributed by atoms with E-state index in [1.807, 2.05) is 20.8 Å². The maximum Gasteiger partial charge on any atom is 0.351 e. The van der Waals surface area contributed by atoms with E-state index in [4.69, 9.17) is 4.74 Å². The molecule has 27 heavy (non-hydrogen) atoms. The predicted molar refractivity (Wildman–Crippen MR) is 104 cm³/mol. The fourth-order valence-corrected chi connectivity index (χ4v) is 3.67. The molecule has 0 spiro atoms. The first-order valence-corrected chi connectivity index (χ1v) is 9.88. The van der Waals surface area contributed by atoms with E-state index in [1.54, 1.807) is 36.4 Å². The normalized spacial score (nSPS) is 11.8. The topological polar surface area (TPSA) is 81.7 Å². The molecule has 6 nitrogen and oxygen atoms in total. The molecule has 144 valence electrons. The number of ether oxygens (including phenoxy) is 2. The third kappa shape index (κ3) is 4.89. The predicted octanol–water partition coefficient (Wildman–Crippen LogP) is 3.60. The van der Waals surface area contributed by atoms with Gasteiger partial charge in [-0.15, -0.1) is 0 Å². The van der Waals surface area contributed by atoms with Gasteiger partial charge in [-0.2, -0.15) is 0 Å². The van der Waals surface area contributed by atoms with Gasteiger partial charge in [0, 0.05) is 11.9 Å². The van der Waals surface area contributed by atoms with Gasteiger partial charge >= 0.3 is 5.97 Å². The number of hydrogen-bond donors (Lipinski definition) is 1. The summed E-state index contributed by atoms with van der Waals surface area (Å²) in [6.07, 6.45) is 1.14. The number of benzene rings is 2. The Morgan fingerprint density at radius 2 is 1.74 bits per heavy atom. The Kier molecular flexibility index (Phi) is 6.63. The SMILES string of the molecule is CCOc1ccc(N/C=C(\C(=O)OC)S(=O)(=O)c2ccc(C)c(C)c2)cc1. The minimum Gasteiger partial charge on any atom is -0.494 e. The van der Waals surface area contributed by atoms with Gasteiger partial charge in [-0.05, 0) is 68.3 Å². The number of carbonyl (C=O) groups is 1. The van der Waals surface area contributed by atoms with Gasteiger partial charge in [0.25, 0.3) is 0 Å². The minimum absolute atomic E-state index is 0.0377. The van der Waals surface area contributed by atoms with Crippen molar-refractivity contribution in [1.82, 2.24) is 0 Å². The lowest BCUT2D eigenvalue weighted by atomic mass is 10.1. The van der Waals surface area contributed by atoms with E-state index in [0.29, 0.717) is 18.0 Å². The smallest absolute Gasteiger partial charge is 0.351 e. The molecule has 1 N–H and O–H groups in total. The van der Waals surface area contributed by atoms with Crippen LogP contribution in [0.25, 0.3) is 0 Å². The van der Waals surface area contributed by atoms with Crippen molar-refractivity contribution in [3.8, 4) is 5.75 Å². The fourth-order valence-electron chi connectivity index (χ4n) is 2.32. The van der Waals surface area contributed by atoms with Crippen molar-refractivity contribution in [2.45, 2.75) is 25.7 Å². The summed E-state index contributed by atoms with van der Waals surface area (Å²) in [4.78, 5) is 11.7. The highest BCUT2D eigenvalue weighted by molar-refractivity contribution is 7.96. The summed E-state index contributed by atoms with van der Waals surface area (Å²) in [5.41, 5.74) is 2.39. The fraction of sp³-hybridized carbons (Fsp3) is 0.250. The van der Waals surface area contributed by atoms with E-state index in [1.165, 1.54) is 6.07 Å². The van der Waals surface area contributed by atoms with Crippen molar-refractivity contribution in [3.05, 3.63) is 64.7 Å². The van der Waals surface area contributed by atoms with Crippen molar-refractivity contribution < 1.29 is 22.7 Å². The summed E-state index contributed by atoms with van der Waals surface area (Å²) in [6, 6.07) is 11.7. The van der Waals surface area contributed by atoms with Crippen molar-refractivity contribution in [2.75, 3.05) is 19.0 Å². The van der Waals surface area contributed by atoms with Gasteiger partial charge in [-0.25, -0.2) is 13.2 Å². The van der Waals surface area contributed by atoms with Crippen molar-refractivity contribution in [1.29, 1.82) is 0 Å². The van der Waals surface area contributed by atoms with Crippen LogP contribution in [0.15, 0.2) is 58.5 Å². The second kappa shape index (κ2) is 8.73. The Morgan fingerprint density at radius 1 is 1.07 bits per heavy atom. The lowest BCUT2D eigenvalue weighted by Gasteiger charge is -2.10. The van der Waals surface area contributed by atoms with Crippen LogP contribution in [0.5, 0.6) is 5.75 Å². The van der Waals surface area contributed by atoms with Gasteiger partial charge in [-0.1, -0.05) is 6.07 Å². The second-order valence-electron chi connectivity index (χ2n) is 5.85. The monoisotopic (exact) mass is 389 g/mol. The van der Waals surface area contributed by atoms with Gasteiger partial charge in [0.15, 0.2) is 4.91 Å². The zero-order chi connectivity index (χ0) is 20.0. The number of aryl methyl sites for hydroxylation is 2.